The van der Waals surface area contributed by atoms with Gasteiger partial charge in [0.2, 0.25) is 5.56 Å². The molecule has 0 saturated heterocycles. The van der Waals surface area contributed by atoms with Crippen molar-refractivity contribution >= 4 is 16.7 Å². The van der Waals surface area contributed by atoms with E-state index in [2.05, 4.69) is 17.2 Å². The van der Waals surface area contributed by atoms with Gasteiger partial charge in [-0.1, -0.05) is 13.3 Å². The highest BCUT2D eigenvalue weighted by Gasteiger charge is 2.29. The Hall–Kier alpha value is -1.94. The third-order valence-electron chi connectivity index (χ3n) is 4.82. The highest BCUT2D eigenvalue weighted by Crippen LogP contribution is 2.32. The number of fused-ring (bicyclic) bond motifs is 3. The van der Waals surface area contributed by atoms with Gasteiger partial charge in [0.25, 0.3) is 0 Å². The molecular weight excluding hydrogens is 288 g/mol. The molecule has 0 radical (unpaired) electrons. The van der Waals surface area contributed by atoms with Gasteiger partial charge in [0.05, 0.1) is 0 Å². The smallest absolute Gasteiger partial charge is 0.248 e. The van der Waals surface area contributed by atoms with E-state index in [1.807, 2.05) is 13.0 Å². The maximum atomic E-state index is 13.0. The van der Waals surface area contributed by atoms with Gasteiger partial charge in [-0.25, -0.2) is 0 Å². The summed E-state index contributed by atoms with van der Waals surface area (Å²) in [5.41, 5.74) is 3.71. The summed E-state index contributed by atoms with van der Waals surface area (Å²) in [6, 6.07) is 5.29. The van der Waals surface area contributed by atoms with Crippen LogP contribution in [0.5, 0.6) is 0 Å². The summed E-state index contributed by atoms with van der Waals surface area (Å²) in [6.45, 7) is 5.90. The molecule has 0 bridgehead atoms. The highest BCUT2D eigenvalue weighted by atomic mass is 16.1. The maximum absolute atomic E-state index is 13.0. The van der Waals surface area contributed by atoms with Crippen molar-refractivity contribution in [2.75, 3.05) is 13.1 Å². The first-order valence-corrected chi connectivity index (χ1v) is 8.52. The molecule has 1 atom stereocenters. The predicted molar refractivity (Wildman–Crippen MR) is 93.2 cm³/mol. The molecule has 1 aliphatic rings. The Labute approximate surface area is 136 Å². The van der Waals surface area contributed by atoms with Crippen LogP contribution in [0.15, 0.2) is 23.0 Å². The summed E-state index contributed by atoms with van der Waals surface area (Å²) >= 11 is 0. The van der Waals surface area contributed by atoms with Crippen molar-refractivity contribution in [1.82, 2.24) is 10.3 Å². The lowest BCUT2D eigenvalue weighted by molar-refractivity contribution is 0.0902. The number of H-pyrrole nitrogens is 1. The summed E-state index contributed by atoms with van der Waals surface area (Å²) in [5, 5.41) is 4.29. The SMILES string of the molecule is CCCCNCC1CCc2c(C)cc3[nH]c(=O)ccc3c2C1=O. The zero-order chi connectivity index (χ0) is 16.4. The van der Waals surface area contributed by atoms with Crippen molar-refractivity contribution in [3.05, 3.63) is 45.2 Å². The summed E-state index contributed by atoms with van der Waals surface area (Å²) in [4.78, 5) is 27.4. The fourth-order valence-electron chi connectivity index (χ4n) is 3.52. The number of aryl methyl sites for hydroxylation is 1. The molecule has 1 aromatic carbocycles. The Kier molecular flexibility index (Phi) is 4.62. The van der Waals surface area contributed by atoms with Gasteiger partial charge in [0.15, 0.2) is 5.78 Å². The van der Waals surface area contributed by atoms with Crippen LogP contribution in [0.4, 0.5) is 0 Å². The second-order valence-electron chi connectivity index (χ2n) is 6.49. The Morgan fingerprint density at radius 3 is 2.91 bits per heavy atom. The standard InChI is InChI=1S/C19H24N2O2/c1-3-4-9-20-11-13-5-6-14-12(2)10-16-15(18(14)19(13)23)7-8-17(22)21-16/h7-8,10,13,20H,3-6,9,11H2,1-2H3,(H,21,22). The van der Waals surface area contributed by atoms with Gasteiger partial charge in [-0.3, -0.25) is 9.59 Å². The van der Waals surface area contributed by atoms with Gasteiger partial charge >= 0.3 is 0 Å². The Morgan fingerprint density at radius 1 is 1.30 bits per heavy atom. The molecule has 0 aliphatic heterocycles. The van der Waals surface area contributed by atoms with E-state index in [1.165, 1.54) is 6.07 Å². The molecule has 122 valence electrons. The van der Waals surface area contributed by atoms with Crippen molar-refractivity contribution in [2.45, 2.75) is 39.5 Å². The van der Waals surface area contributed by atoms with Crippen molar-refractivity contribution in [3.8, 4) is 0 Å². The molecule has 4 nitrogen and oxygen atoms in total. The molecule has 23 heavy (non-hydrogen) atoms. The summed E-state index contributed by atoms with van der Waals surface area (Å²) < 4.78 is 0. The second-order valence-corrected chi connectivity index (χ2v) is 6.49. The van der Waals surface area contributed by atoms with Crippen LogP contribution >= 0.6 is 0 Å². The van der Waals surface area contributed by atoms with E-state index in [9.17, 15) is 9.59 Å². The average Bonchev–Trinajstić information content (AvgIpc) is 2.53. The molecule has 0 spiro atoms. The van der Waals surface area contributed by atoms with Crippen LogP contribution in [0.3, 0.4) is 0 Å². The van der Waals surface area contributed by atoms with E-state index in [1.54, 1.807) is 6.07 Å². The van der Waals surface area contributed by atoms with Crippen LogP contribution < -0.4 is 10.9 Å². The van der Waals surface area contributed by atoms with Crippen LogP contribution in [0.1, 0.15) is 47.7 Å². The zero-order valence-corrected chi connectivity index (χ0v) is 13.9. The van der Waals surface area contributed by atoms with E-state index in [0.29, 0.717) is 0 Å². The minimum atomic E-state index is -0.127. The van der Waals surface area contributed by atoms with Gasteiger partial charge in [-0.05, 0) is 56.0 Å². The first-order valence-electron chi connectivity index (χ1n) is 8.52. The van der Waals surface area contributed by atoms with Crippen LogP contribution in [0.25, 0.3) is 10.9 Å². The number of aromatic amines is 1. The molecule has 0 fully saturated rings. The number of hydrogen-bond donors (Lipinski definition) is 2. The van der Waals surface area contributed by atoms with Crippen LogP contribution in [0.2, 0.25) is 0 Å². The molecule has 0 amide bonds. The molecule has 1 aromatic heterocycles. The molecular formula is C19H24N2O2. The quantitative estimate of drug-likeness (QED) is 0.834. The van der Waals surface area contributed by atoms with E-state index >= 15 is 0 Å². The molecule has 1 aliphatic carbocycles. The number of ketones is 1. The van der Waals surface area contributed by atoms with E-state index in [-0.39, 0.29) is 17.3 Å². The average molecular weight is 312 g/mol. The number of carbonyl (C=O) groups excluding carboxylic acids is 1. The Bertz CT molecular complexity index is 792. The largest absolute Gasteiger partial charge is 0.322 e. The molecule has 2 N–H and O–H groups in total. The number of hydrogen-bond acceptors (Lipinski definition) is 3. The number of nitrogens with one attached hydrogen (secondary N) is 2. The van der Waals surface area contributed by atoms with Crippen LogP contribution in [-0.2, 0) is 6.42 Å². The van der Waals surface area contributed by atoms with Crippen molar-refractivity contribution < 1.29 is 4.79 Å². The third kappa shape index (κ3) is 3.08. The fraction of sp³-hybridized carbons (Fsp3) is 0.474. The van der Waals surface area contributed by atoms with Crippen LogP contribution in [0, 0.1) is 12.8 Å². The minimum Gasteiger partial charge on any atom is -0.322 e. The fourth-order valence-corrected chi connectivity index (χ4v) is 3.52. The van der Waals surface area contributed by atoms with Gasteiger partial charge in [0, 0.05) is 35.0 Å². The van der Waals surface area contributed by atoms with Gasteiger partial charge in [0.1, 0.15) is 0 Å². The molecule has 1 heterocycles. The Morgan fingerprint density at radius 2 is 2.13 bits per heavy atom. The first kappa shape index (κ1) is 15.9. The number of Topliss-reactive ketones (excluding diaryl/α,β-unsaturated/α-hetero) is 1. The van der Waals surface area contributed by atoms with E-state index in [4.69, 9.17) is 0 Å². The Balaban J connectivity index is 1.95. The van der Waals surface area contributed by atoms with E-state index < -0.39 is 0 Å². The second kappa shape index (κ2) is 6.67. The number of aromatic nitrogens is 1. The lowest BCUT2D eigenvalue weighted by atomic mass is 9.79. The normalized spacial score (nSPS) is 17.5. The third-order valence-corrected chi connectivity index (χ3v) is 4.82. The molecule has 0 saturated carbocycles. The van der Waals surface area contributed by atoms with Gasteiger partial charge in [-0.2, -0.15) is 0 Å². The zero-order valence-electron chi connectivity index (χ0n) is 13.9. The highest BCUT2D eigenvalue weighted by molar-refractivity contribution is 6.11. The number of carbonyl (C=O) groups is 1. The molecule has 4 heteroatoms. The lowest BCUT2D eigenvalue weighted by Gasteiger charge is -2.26. The number of pyridine rings is 1. The molecule has 3 rings (SSSR count). The summed E-state index contributed by atoms with van der Waals surface area (Å²) in [6.07, 6.45) is 4.13. The van der Waals surface area contributed by atoms with Crippen LogP contribution in [-0.4, -0.2) is 23.9 Å². The monoisotopic (exact) mass is 312 g/mol. The van der Waals surface area contributed by atoms with Gasteiger partial charge < -0.3 is 10.3 Å². The van der Waals surface area contributed by atoms with Gasteiger partial charge in [-0.15, -0.1) is 0 Å². The summed E-state index contributed by atoms with van der Waals surface area (Å²) in [7, 11) is 0. The molecule has 1 unspecified atom stereocenters. The van der Waals surface area contributed by atoms with Crippen molar-refractivity contribution in [2.24, 2.45) is 5.92 Å². The van der Waals surface area contributed by atoms with Crippen molar-refractivity contribution in [3.63, 3.8) is 0 Å². The number of rotatable bonds is 5. The predicted octanol–water partition coefficient (Wildman–Crippen LogP) is 2.97. The lowest BCUT2D eigenvalue weighted by Crippen LogP contribution is -2.33. The summed E-state index contributed by atoms with van der Waals surface area (Å²) in [5.74, 6) is 0.257. The van der Waals surface area contributed by atoms with Crippen molar-refractivity contribution in [1.29, 1.82) is 0 Å². The first-order chi connectivity index (χ1) is 11.1. The minimum absolute atomic E-state index is 0.0382. The number of benzene rings is 1. The molecule has 2 aromatic rings. The maximum Gasteiger partial charge on any atom is 0.248 e. The van der Waals surface area contributed by atoms with E-state index in [0.717, 1.165) is 66.4 Å². The topological polar surface area (TPSA) is 62.0 Å². The number of unbranched alkanes of at least 4 members (excludes halogenated alkanes) is 1.